The van der Waals surface area contributed by atoms with Crippen molar-refractivity contribution in [1.82, 2.24) is 15.5 Å². The minimum absolute atomic E-state index is 0.168. The number of hydrogen-bond donors (Lipinski definition) is 2. The maximum absolute atomic E-state index is 12.2. The highest BCUT2D eigenvalue weighted by molar-refractivity contribution is 6.35. The molecule has 114 valence electrons. The molecule has 5 nitrogen and oxygen atoms in total. The second-order valence-electron chi connectivity index (χ2n) is 6.08. The molecule has 20 heavy (non-hydrogen) atoms. The van der Waals surface area contributed by atoms with E-state index in [-0.39, 0.29) is 11.9 Å². The minimum Gasteiger partial charge on any atom is -0.345 e. The van der Waals surface area contributed by atoms with Gasteiger partial charge in [-0.25, -0.2) is 0 Å². The van der Waals surface area contributed by atoms with Crippen molar-refractivity contribution < 1.29 is 9.59 Å². The van der Waals surface area contributed by atoms with Crippen LogP contribution in [0.3, 0.4) is 0 Å². The summed E-state index contributed by atoms with van der Waals surface area (Å²) in [4.78, 5) is 26.0. The zero-order valence-corrected chi connectivity index (χ0v) is 12.7. The third-order valence-corrected chi connectivity index (χ3v) is 4.89. The Balaban J connectivity index is 1.86. The van der Waals surface area contributed by atoms with Crippen LogP contribution in [0.1, 0.15) is 39.5 Å². The number of rotatable bonds is 2. The van der Waals surface area contributed by atoms with E-state index in [4.69, 9.17) is 0 Å². The third kappa shape index (κ3) is 3.51. The third-order valence-electron chi connectivity index (χ3n) is 4.89. The second kappa shape index (κ2) is 7.07. The lowest BCUT2D eigenvalue weighted by molar-refractivity contribution is -0.146. The zero-order chi connectivity index (χ0) is 14.5. The van der Waals surface area contributed by atoms with Gasteiger partial charge in [0.25, 0.3) is 0 Å². The van der Waals surface area contributed by atoms with Gasteiger partial charge in [0.1, 0.15) is 0 Å². The summed E-state index contributed by atoms with van der Waals surface area (Å²) in [5.74, 6) is 0.377. The minimum atomic E-state index is -0.416. The first-order valence-corrected chi connectivity index (χ1v) is 7.94. The quantitative estimate of drug-likeness (QED) is 0.734. The molecule has 0 bridgehead atoms. The average molecular weight is 281 g/mol. The Morgan fingerprint density at radius 1 is 1.25 bits per heavy atom. The fourth-order valence-electron chi connectivity index (χ4n) is 3.45. The predicted molar refractivity (Wildman–Crippen MR) is 78.2 cm³/mol. The van der Waals surface area contributed by atoms with E-state index in [2.05, 4.69) is 24.5 Å². The van der Waals surface area contributed by atoms with Gasteiger partial charge in [0.15, 0.2) is 0 Å². The van der Waals surface area contributed by atoms with E-state index in [0.717, 1.165) is 38.8 Å². The Morgan fingerprint density at radius 3 is 2.75 bits per heavy atom. The molecule has 5 heteroatoms. The monoisotopic (exact) mass is 281 g/mol. The van der Waals surface area contributed by atoms with Crippen molar-refractivity contribution in [2.45, 2.75) is 45.6 Å². The summed E-state index contributed by atoms with van der Waals surface area (Å²) in [6, 6.07) is 0.168. The summed E-state index contributed by atoms with van der Waals surface area (Å²) in [6.07, 6.45) is 4.22. The Morgan fingerprint density at radius 2 is 2.05 bits per heavy atom. The lowest BCUT2D eigenvalue weighted by Crippen LogP contribution is -2.48. The molecular formula is C15H27N3O2. The largest absolute Gasteiger partial charge is 0.345 e. The number of hydrogen-bond acceptors (Lipinski definition) is 3. The summed E-state index contributed by atoms with van der Waals surface area (Å²) in [5.41, 5.74) is 0. The van der Waals surface area contributed by atoms with Crippen molar-refractivity contribution in [2.75, 3.05) is 26.2 Å². The smallest absolute Gasteiger partial charge is 0.311 e. The summed E-state index contributed by atoms with van der Waals surface area (Å²) in [6.45, 7) is 7.38. The molecule has 2 fully saturated rings. The van der Waals surface area contributed by atoms with Crippen LogP contribution in [0.5, 0.6) is 0 Å². The van der Waals surface area contributed by atoms with Crippen LogP contribution in [0.4, 0.5) is 0 Å². The first kappa shape index (κ1) is 15.3. The van der Waals surface area contributed by atoms with Crippen molar-refractivity contribution in [2.24, 2.45) is 11.8 Å². The Bertz CT molecular complexity index is 351. The lowest BCUT2D eigenvalue weighted by atomic mass is 9.93. The van der Waals surface area contributed by atoms with Crippen LogP contribution in [0.15, 0.2) is 0 Å². The van der Waals surface area contributed by atoms with E-state index in [1.807, 2.05) is 0 Å². The standard InChI is InChI=1S/C15H27N3O2/c1-3-12-5-6-13(11(12)2)17-14(19)15(20)18-9-4-7-16-8-10-18/h11-13,16H,3-10H2,1-2H3,(H,17,19). The van der Waals surface area contributed by atoms with Gasteiger partial charge in [-0.05, 0) is 37.6 Å². The van der Waals surface area contributed by atoms with Crippen LogP contribution in [-0.2, 0) is 9.59 Å². The molecule has 2 amide bonds. The molecule has 1 saturated heterocycles. The van der Waals surface area contributed by atoms with E-state index in [1.165, 1.54) is 0 Å². The molecule has 2 N–H and O–H groups in total. The SMILES string of the molecule is CCC1CCC(NC(=O)C(=O)N2CCCNCC2)C1C. The summed E-state index contributed by atoms with van der Waals surface area (Å²) < 4.78 is 0. The number of carbonyl (C=O) groups is 2. The maximum atomic E-state index is 12.2. The van der Waals surface area contributed by atoms with Crippen molar-refractivity contribution in [3.8, 4) is 0 Å². The molecule has 0 spiro atoms. The number of nitrogens with one attached hydrogen (secondary N) is 2. The molecule has 1 aliphatic heterocycles. The highest BCUT2D eigenvalue weighted by Gasteiger charge is 2.34. The number of amides is 2. The van der Waals surface area contributed by atoms with Crippen molar-refractivity contribution in [3.05, 3.63) is 0 Å². The van der Waals surface area contributed by atoms with Crippen molar-refractivity contribution >= 4 is 11.8 Å². The van der Waals surface area contributed by atoms with E-state index < -0.39 is 5.91 Å². The Kier molecular flexibility index (Phi) is 5.40. The summed E-state index contributed by atoms with van der Waals surface area (Å²) in [7, 11) is 0. The first-order chi connectivity index (χ1) is 9.63. The average Bonchev–Trinajstić information content (AvgIpc) is 2.68. The van der Waals surface area contributed by atoms with Gasteiger partial charge >= 0.3 is 11.8 Å². The Labute approximate surface area is 121 Å². The van der Waals surface area contributed by atoms with E-state index in [9.17, 15) is 9.59 Å². The highest BCUT2D eigenvalue weighted by atomic mass is 16.2. The fraction of sp³-hybridized carbons (Fsp3) is 0.867. The molecular weight excluding hydrogens is 254 g/mol. The first-order valence-electron chi connectivity index (χ1n) is 7.94. The number of nitrogens with zero attached hydrogens (tertiary/aromatic N) is 1. The van der Waals surface area contributed by atoms with Crippen LogP contribution < -0.4 is 10.6 Å². The lowest BCUT2D eigenvalue weighted by Gasteiger charge is -2.23. The van der Waals surface area contributed by atoms with Crippen LogP contribution >= 0.6 is 0 Å². The van der Waals surface area contributed by atoms with Gasteiger partial charge in [0.2, 0.25) is 0 Å². The van der Waals surface area contributed by atoms with Crippen LogP contribution in [0.25, 0.3) is 0 Å². The highest BCUT2D eigenvalue weighted by Crippen LogP contribution is 2.33. The van der Waals surface area contributed by atoms with E-state index >= 15 is 0 Å². The maximum Gasteiger partial charge on any atom is 0.311 e. The molecule has 0 aromatic heterocycles. The van der Waals surface area contributed by atoms with Gasteiger partial charge < -0.3 is 15.5 Å². The molecule has 3 unspecified atom stereocenters. The van der Waals surface area contributed by atoms with Gasteiger partial charge in [0, 0.05) is 25.7 Å². The molecule has 0 radical (unpaired) electrons. The van der Waals surface area contributed by atoms with Crippen LogP contribution in [0, 0.1) is 11.8 Å². The normalized spacial score (nSPS) is 30.9. The second-order valence-corrected chi connectivity index (χ2v) is 6.08. The molecule has 3 atom stereocenters. The van der Waals surface area contributed by atoms with Gasteiger partial charge in [-0.3, -0.25) is 9.59 Å². The zero-order valence-electron chi connectivity index (χ0n) is 12.7. The van der Waals surface area contributed by atoms with E-state index in [1.54, 1.807) is 4.90 Å². The summed E-state index contributed by atoms with van der Waals surface area (Å²) in [5, 5.41) is 6.20. The Hall–Kier alpha value is -1.10. The number of carbonyl (C=O) groups excluding carboxylic acids is 2. The topological polar surface area (TPSA) is 61.4 Å². The van der Waals surface area contributed by atoms with Crippen molar-refractivity contribution in [3.63, 3.8) is 0 Å². The van der Waals surface area contributed by atoms with Crippen LogP contribution in [-0.4, -0.2) is 48.9 Å². The molecule has 1 saturated carbocycles. The van der Waals surface area contributed by atoms with Gasteiger partial charge in [0.05, 0.1) is 0 Å². The van der Waals surface area contributed by atoms with Gasteiger partial charge in [-0.1, -0.05) is 20.3 Å². The fourth-order valence-corrected chi connectivity index (χ4v) is 3.45. The predicted octanol–water partition coefficient (Wildman–Crippen LogP) is 0.749. The van der Waals surface area contributed by atoms with Crippen LogP contribution in [0.2, 0.25) is 0 Å². The molecule has 0 aromatic carbocycles. The van der Waals surface area contributed by atoms with Gasteiger partial charge in [-0.15, -0.1) is 0 Å². The molecule has 1 aliphatic carbocycles. The van der Waals surface area contributed by atoms with Crippen molar-refractivity contribution in [1.29, 1.82) is 0 Å². The summed E-state index contributed by atoms with van der Waals surface area (Å²) >= 11 is 0. The molecule has 2 rings (SSSR count). The molecule has 1 heterocycles. The van der Waals surface area contributed by atoms with E-state index in [0.29, 0.717) is 24.9 Å². The molecule has 0 aromatic rings. The van der Waals surface area contributed by atoms with Gasteiger partial charge in [-0.2, -0.15) is 0 Å². The molecule has 2 aliphatic rings.